The Morgan fingerprint density at radius 3 is 1.62 bits per heavy atom. The molecule has 11 heteroatoms. The minimum atomic E-state index is -1.66. The molecule has 0 aliphatic heterocycles. The highest BCUT2D eigenvalue weighted by molar-refractivity contribution is 5.93. The summed E-state index contributed by atoms with van der Waals surface area (Å²) in [5, 5.41) is 22.2. The largest absolute Gasteiger partial charge is 0.298 e. The Labute approximate surface area is 145 Å². The van der Waals surface area contributed by atoms with Gasteiger partial charge in [-0.05, 0) is 12.1 Å². The summed E-state index contributed by atoms with van der Waals surface area (Å²) in [6.45, 7) is -2.67. The van der Waals surface area contributed by atoms with Crippen LogP contribution in [0.2, 0.25) is 0 Å². The first kappa shape index (κ1) is 19.0. The standard InChI is InChI=1S/C15H12F2N4O5/c16-5-11(9-1-3-18-7-13(9)20(23)24)15(22)12(6-17)10-2-4-19-8-14(10)21(25)26/h1-4,7-8,11-12H,5-6H2. The van der Waals surface area contributed by atoms with E-state index in [1.165, 1.54) is 0 Å². The molecule has 0 saturated heterocycles. The molecule has 2 heterocycles. The monoisotopic (exact) mass is 366 g/mol. The average molecular weight is 366 g/mol. The molecular weight excluding hydrogens is 354 g/mol. The summed E-state index contributed by atoms with van der Waals surface area (Å²) in [7, 11) is 0. The van der Waals surface area contributed by atoms with E-state index in [4.69, 9.17) is 0 Å². The van der Waals surface area contributed by atoms with Gasteiger partial charge >= 0.3 is 0 Å². The van der Waals surface area contributed by atoms with E-state index >= 15 is 0 Å². The molecule has 2 unspecified atom stereocenters. The minimum absolute atomic E-state index is 0.271. The van der Waals surface area contributed by atoms with Gasteiger partial charge < -0.3 is 0 Å². The third kappa shape index (κ3) is 3.66. The Balaban J connectivity index is 2.51. The van der Waals surface area contributed by atoms with Gasteiger partial charge in [0.1, 0.15) is 25.7 Å². The second kappa shape index (κ2) is 8.14. The molecule has 2 rings (SSSR count). The van der Waals surface area contributed by atoms with E-state index in [2.05, 4.69) is 9.97 Å². The Morgan fingerprint density at radius 2 is 1.31 bits per heavy atom. The zero-order chi connectivity index (χ0) is 19.3. The molecule has 2 aromatic rings. The topological polar surface area (TPSA) is 129 Å². The molecule has 0 aliphatic rings. The highest BCUT2D eigenvalue weighted by Crippen LogP contribution is 2.34. The van der Waals surface area contributed by atoms with E-state index in [1.807, 2.05) is 0 Å². The molecule has 0 N–H and O–H groups in total. The third-order valence-corrected chi connectivity index (χ3v) is 3.81. The maximum Gasteiger partial charge on any atom is 0.291 e. The number of halogens is 2. The summed E-state index contributed by atoms with van der Waals surface area (Å²) in [4.78, 5) is 40.3. The number of carbonyl (C=O) groups is 1. The quantitative estimate of drug-likeness (QED) is 0.518. The van der Waals surface area contributed by atoms with Crippen LogP contribution < -0.4 is 0 Å². The van der Waals surface area contributed by atoms with Crippen LogP contribution in [-0.2, 0) is 4.79 Å². The number of aromatic nitrogens is 2. The highest BCUT2D eigenvalue weighted by Gasteiger charge is 2.36. The molecule has 9 nitrogen and oxygen atoms in total. The molecular formula is C15H12F2N4O5. The van der Waals surface area contributed by atoms with Gasteiger partial charge in [-0.25, -0.2) is 8.78 Å². The number of rotatable bonds is 8. The number of nitro groups is 2. The van der Waals surface area contributed by atoms with Crippen LogP contribution in [0.15, 0.2) is 36.9 Å². The molecule has 0 spiro atoms. The average Bonchev–Trinajstić information content (AvgIpc) is 2.63. The molecule has 0 amide bonds. The van der Waals surface area contributed by atoms with Crippen molar-refractivity contribution in [2.24, 2.45) is 0 Å². The lowest BCUT2D eigenvalue weighted by molar-refractivity contribution is -0.386. The van der Waals surface area contributed by atoms with Crippen molar-refractivity contribution in [2.75, 3.05) is 13.3 Å². The fourth-order valence-corrected chi connectivity index (χ4v) is 2.56. The van der Waals surface area contributed by atoms with Crippen LogP contribution in [0.1, 0.15) is 23.0 Å². The number of carbonyl (C=O) groups excluding carboxylic acids is 1. The molecule has 2 atom stereocenters. The van der Waals surface area contributed by atoms with Gasteiger partial charge in [0.05, 0.1) is 21.7 Å². The number of alkyl halides is 2. The fraction of sp³-hybridized carbons (Fsp3) is 0.267. The van der Waals surface area contributed by atoms with Gasteiger partial charge in [-0.15, -0.1) is 0 Å². The lowest BCUT2D eigenvalue weighted by Gasteiger charge is -2.18. The Kier molecular flexibility index (Phi) is 5.94. The van der Waals surface area contributed by atoms with E-state index < -0.39 is 52.2 Å². The molecule has 26 heavy (non-hydrogen) atoms. The zero-order valence-electron chi connectivity index (χ0n) is 13.1. The highest BCUT2D eigenvalue weighted by atomic mass is 19.1. The molecule has 0 aromatic carbocycles. The molecule has 0 bridgehead atoms. The lowest BCUT2D eigenvalue weighted by atomic mass is 9.84. The van der Waals surface area contributed by atoms with E-state index in [0.29, 0.717) is 0 Å². The SMILES string of the molecule is O=C(C(CF)c1ccncc1[N+](=O)[O-])C(CF)c1ccncc1[N+](=O)[O-]. The Hall–Kier alpha value is -3.37. The fourth-order valence-electron chi connectivity index (χ4n) is 2.56. The van der Waals surface area contributed by atoms with E-state index in [-0.39, 0.29) is 11.1 Å². The first-order chi connectivity index (χ1) is 12.4. The summed E-state index contributed by atoms with van der Waals surface area (Å²) in [5.74, 6) is -4.36. The van der Waals surface area contributed by atoms with Gasteiger partial charge in [0.15, 0.2) is 5.78 Å². The van der Waals surface area contributed by atoms with Gasteiger partial charge in [-0.1, -0.05) is 0 Å². The Bertz CT molecular complexity index is 781. The zero-order valence-corrected chi connectivity index (χ0v) is 13.1. The van der Waals surface area contributed by atoms with Crippen LogP contribution in [0.4, 0.5) is 20.2 Å². The predicted molar refractivity (Wildman–Crippen MR) is 84.2 cm³/mol. The van der Waals surface area contributed by atoms with Crippen LogP contribution in [0.3, 0.4) is 0 Å². The van der Waals surface area contributed by atoms with Crippen molar-refractivity contribution in [1.82, 2.24) is 9.97 Å². The van der Waals surface area contributed by atoms with Crippen molar-refractivity contribution in [3.05, 3.63) is 68.3 Å². The second-order valence-electron chi connectivity index (χ2n) is 5.20. The van der Waals surface area contributed by atoms with Crippen LogP contribution in [0.5, 0.6) is 0 Å². The maximum atomic E-state index is 13.6. The van der Waals surface area contributed by atoms with Gasteiger partial charge in [0, 0.05) is 23.5 Å². The maximum absolute atomic E-state index is 13.6. The first-order valence-electron chi connectivity index (χ1n) is 7.24. The molecule has 136 valence electrons. The molecule has 0 fully saturated rings. The number of hydrogen-bond acceptors (Lipinski definition) is 7. The minimum Gasteiger partial charge on any atom is -0.298 e. The van der Waals surface area contributed by atoms with Crippen LogP contribution >= 0.6 is 0 Å². The molecule has 0 radical (unpaired) electrons. The normalized spacial score (nSPS) is 13.0. The molecule has 0 saturated carbocycles. The van der Waals surface area contributed by atoms with Crippen molar-refractivity contribution in [3.63, 3.8) is 0 Å². The number of pyridine rings is 2. The van der Waals surface area contributed by atoms with Crippen LogP contribution in [0.25, 0.3) is 0 Å². The van der Waals surface area contributed by atoms with E-state index in [1.54, 1.807) is 0 Å². The van der Waals surface area contributed by atoms with Gasteiger partial charge in [-0.2, -0.15) is 0 Å². The summed E-state index contributed by atoms with van der Waals surface area (Å²) < 4.78 is 27.2. The number of hydrogen-bond donors (Lipinski definition) is 0. The van der Waals surface area contributed by atoms with E-state index in [0.717, 1.165) is 36.9 Å². The van der Waals surface area contributed by atoms with Gasteiger partial charge in [0.2, 0.25) is 0 Å². The van der Waals surface area contributed by atoms with Crippen molar-refractivity contribution in [3.8, 4) is 0 Å². The number of Topliss-reactive ketones (excluding diaryl/α,β-unsaturated/α-hetero) is 1. The van der Waals surface area contributed by atoms with Crippen molar-refractivity contribution >= 4 is 17.2 Å². The summed E-state index contributed by atoms with van der Waals surface area (Å²) in [6.07, 6.45) is 3.98. The van der Waals surface area contributed by atoms with Crippen molar-refractivity contribution in [1.29, 1.82) is 0 Å². The summed E-state index contributed by atoms with van der Waals surface area (Å²) in [5.41, 5.74) is -1.73. The number of ketones is 1. The molecule has 0 aliphatic carbocycles. The molecule has 2 aromatic heterocycles. The van der Waals surface area contributed by atoms with Gasteiger partial charge in [0.25, 0.3) is 11.4 Å². The van der Waals surface area contributed by atoms with Crippen molar-refractivity contribution in [2.45, 2.75) is 11.8 Å². The van der Waals surface area contributed by atoms with E-state index in [9.17, 15) is 33.8 Å². The second-order valence-corrected chi connectivity index (χ2v) is 5.20. The lowest BCUT2D eigenvalue weighted by Crippen LogP contribution is -2.25. The smallest absolute Gasteiger partial charge is 0.291 e. The predicted octanol–water partition coefficient (Wildman–Crippen LogP) is 2.67. The Morgan fingerprint density at radius 1 is 0.923 bits per heavy atom. The van der Waals surface area contributed by atoms with Gasteiger partial charge in [-0.3, -0.25) is 35.0 Å². The number of nitrogens with zero attached hydrogens (tertiary/aromatic N) is 4. The summed E-state index contributed by atoms with van der Waals surface area (Å²) in [6, 6.07) is 2.19. The van der Waals surface area contributed by atoms with Crippen molar-refractivity contribution < 1.29 is 23.4 Å². The van der Waals surface area contributed by atoms with Crippen LogP contribution in [-0.4, -0.2) is 38.9 Å². The van der Waals surface area contributed by atoms with Crippen LogP contribution in [0, 0.1) is 20.2 Å². The first-order valence-corrected chi connectivity index (χ1v) is 7.24. The third-order valence-electron chi connectivity index (χ3n) is 3.81. The summed E-state index contributed by atoms with van der Waals surface area (Å²) >= 11 is 0.